The molecular formula is C22H25N4O2S+. The molecule has 1 saturated heterocycles. The van der Waals surface area contributed by atoms with Gasteiger partial charge in [-0.05, 0) is 29.7 Å². The largest absolute Gasteiger partial charge is 0.359 e. The molecule has 7 heteroatoms. The van der Waals surface area contributed by atoms with Crippen LogP contribution in [0.2, 0.25) is 0 Å². The highest BCUT2D eigenvalue weighted by molar-refractivity contribution is 7.80. The van der Waals surface area contributed by atoms with E-state index in [9.17, 15) is 9.59 Å². The number of imide groups is 1. The third kappa shape index (κ3) is 3.75. The van der Waals surface area contributed by atoms with Crippen molar-refractivity contribution in [3.63, 3.8) is 0 Å². The normalized spacial score (nSPS) is 17.0. The lowest BCUT2D eigenvalue weighted by atomic mass is 9.94. The van der Waals surface area contributed by atoms with Crippen LogP contribution < -0.4 is 10.2 Å². The minimum absolute atomic E-state index is 0.188. The van der Waals surface area contributed by atoms with E-state index in [0.29, 0.717) is 24.2 Å². The number of rotatable bonds is 5. The van der Waals surface area contributed by atoms with E-state index in [0.717, 1.165) is 48.6 Å². The topological polar surface area (TPSA) is 57.1 Å². The second-order valence-corrected chi connectivity index (χ2v) is 7.82. The summed E-state index contributed by atoms with van der Waals surface area (Å²) in [6, 6.07) is 11.3. The third-order valence-corrected chi connectivity index (χ3v) is 6.10. The zero-order chi connectivity index (χ0) is 20.4. The van der Waals surface area contributed by atoms with Crippen molar-refractivity contribution in [2.75, 3.05) is 45.8 Å². The van der Waals surface area contributed by atoms with E-state index in [4.69, 9.17) is 12.2 Å². The number of carbonyl (C=O) groups excluding carboxylic acids is 2. The van der Waals surface area contributed by atoms with Gasteiger partial charge in [0.2, 0.25) is 0 Å². The summed E-state index contributed by atoms with van der Waals surface area (Å²) in [6.07, 6.45) is 1.79. The van der Waals surface area contributed by atoms with E-state index in [1.165, 1.54) is 9.80 Å². The van der Waals surface area contributed by atoms with E-state index in [-0.39, 0.29) is 11.8 Å². The number of quaternary nitrogens is 1. The predicted octanol–water partition coefficient (Wildman–Crippen LogP) is 0.697. The predicted molar refractivity (Wildman–Crippen MR) is 117 cm³/mol. The summed E-state index contributed by atoms with van der Waals surface area (Å²) in [5.74, 6) is -0.376. The molecule has 6 nitrogen and oxygen atoms in total. The van der Waals surface area contributed by atoms with Crippen molar-refractivity contribution in [2.24, 2.45) is 0 Å². The van der Waals surface area contributed by atoms with Crippen molar-refractivity contribution in [2.45, 2.75) is 0 Å². The molecule has 0 spiro atoms. The summed E-state index contributed by atoms with van der Waals surface area (Å²) < 4.78 is 0. The standard InChI is InChI=1S/C22H24N4O2S/c1-2-9-23-22(29)25-13-10-24(11-14-25)12-15-26-20(27)17-7-3-5-16-6-4-8-18(19(16)17)21(26)28/h2-8H,1,9-15H2,(H,23,29)/p+1. The molecule has 2 heterocycles. The highest BCUT2D eigenvalue weighted by Gasteiger charge is 2.33. The molecule has 4 rings (SSSR count). The molecule has 0 radical (unpaired) electrons. The lowest BCUT2D eigenvalue weighted by Crippen LogP contribution is -3.15. The van der Waals surface area contributed by atoms with Gasteiger partial charge in [-0.25, -0.2) is 0 Å². The van der Waals surface area contributed by atoms with Crippen LogP contribution in [-0.4, -0.2) is 72.5 Å². The number of thiocarbonyl (C=S) groups is 1. The first kappa shape index (κ1) is 19.5. The molecule has 150 valence electrons. The second-order valence-electron chi connectivity index (χ2n) is 7.43. The van der Waals surface area contributed by atoms with Gasteiger partial charge in [0.15, 0.2) is 5.11 Å². The Bertz CT molecular complexity index is 931. The Kier molecular flexibility index (Phi) is 5.60. The fraction of sp³-hybridized carbons (Fsp3) is 0.318. The van der Waals surface area contributed by atoms with Crippen molar-refractivity contribution in [1.82, 2.24) is 15.1 Å². The number of hydrogen-bond donors (Lipinski definition) is 2. The maximum absolute atomic E-state index is 13.0. The highest BCUT2D eigenvalue weighted by atomic mass is 32.1. The molecule has 2 aromatic rings. The number of nitrogens with one attached hydrogen (secondary N) is 2. The molecule has 0 saturated carbocycles. The fourth-order valence-electron chi connectivity index (χ4n) is 4.10. The lowest BCUT2D eigenvalue weighted by molar-refractivity contribution is -0.903. The van der Waals surface area contributed by atoms with Gasteiger partial charge in [-0.1, -0.05) is 30.3 Å². The van der Waals surface area contributed by atoms with Crippen LogP contribution in [0.3, 0.4) is 0 Å². The van der Waals surface area contributed by atoms with E-state index in [1.54, 1.807) is 6.08 Å². The van der Waals surface area contributed by atoms with Gasteiger partial charge in [-0.15, -0.1) is 6.58 Å². The van der Waals surface area contributed by atoms with Gasteiger partial charge in [0.25, 0.3) is 11.8 Å². The number of carbonyl (C=O) groups is 2. The summed E-state index contributed by atoms with van der Waals surface area (Å²) in [7, 11) is 0. The quantitative estimate of drug-likeness (QED) is 0.433. The molecule has 0 unspecified atom stereocenters. The zero-order valence-corrected chi connectivity index (χ0v) is 17.1. The summed E-state index contributed by atoms with van der Waals surface area (Å²) in [6.45, 7) is 9.12. The van der Waals surface area contributed by atoms with Crippen molar-refractivity contribution in [3.8, 4) is 0 Å². The van der Waals surface area contributed by atoms with Gasteiger partial charge in [0.1, 0.15) is 0 Å². The molecule has 2 aliphatic rings. The first-order chi connectivity index (χ1) is 14.1. The smallest absolute Gasteiger partial charge is 0.261 e. The number of nitrogens with zero attached hydrogens (tertiary/aromatic N) is 2. The maximum Gasteiger partial charge on any atom is 0.261 e. The summed E-state index contributed by atoms with van der Waals surface area (Å²) >= 11 is 5.40. The first-order valence-electron chi connectivity index (χ1n) is 9.95. The van der Waals surface area contributed by atoms with Crippen molar-refractivity contribution in [3.05, 3.63) is 60.2 Å². The van der Waals surface area contributed by atoms with Crippen molar-refractivity contribution in [1.29, 1.82) is 0 Å². The van der Waals surface area contributed by atoms with Gasteiger partial charge in [-0.3, -0.25) is 14.5 Å². The SMILES string of the molecule is C=CCNC(=S)N1CC[NH+](CCN2C(=O)c3cccc4cccc(c34)C2=O)CC1. The Hall–Kier alpha value is -2.77. The molecule has 2 aliphatic heterocycles. The van der Waals surface area contributed by atoms with Crippen LogP contribution in [0, 0.1) is 0 Å². The number of piperazine rings is 1. The van der Waals surface area contributed by atoms with Crippen LogP contribution in [0.15, 0.2) is 49.1 Å². The number of benzene rings is 2. The molecule has 0 aliphatic carbocycles. The van der Waals surface area contributed by atoms with Crippen LogP contribution in [0.5, 0.6) is 0 Å². The van der Waals surface area contributed by atoms with Crippen molar-refractivity contribution < 1.29 is 14.5 Å². The number of hydrogen-bond acceptors (Lipinski definition) is 3. The second kappa shape index (κ2) is 8.31. The molecule has 2 amide bonds. The molecule has 2 N–H and O–H groups in total. The van der Waals surface area contributed by atoms with E-state index in [1.807, 2.05) is 36.4 Å². The average Bonchev–Trinajstić information content (AvgIpc) is 2.76. The van der Waals surface area contributed by atoms with Crippen LogP contribution in [0.25, 0.3) is 10.8 Å². The van der Waals surface area contributed by atoms with Crippen LogP contribution in [-0.2, 0) is 0 Å². The highest BCUT2D eigenvalue weighted by Crippen LogP contribution is 2.29. The van der Waals surface area contributed by atoms with Crippen LogP contribution in [0.1, 0.15) is 20.7 Å². The first-order valence-corrected chi connectivity index (χ1v) is 10.4. The average molecular weight is 410 g/mol. The summed E-state index contributed by atoms with van der Waals surface area (Å²) in [4.78, 5) is 30.9. The monoisotopic (exact) mass is 409 g/mol. The van der Waals surface area contributed by atoms with Gasteiger partial charge < -0.3 is 15.1 Å². The molecule has 2 aromatic carbocycles. The Morgan fingerprint density at radius 2 is 1.72 bits per heavy atom. The molecule has 0 bridgehead atoms. The Balaban J connectivity index is 1.39. The van der Waals surface area contributed by atoms with E-state index < -0.39 is 0 Å². The van der Waals surface area contributed by atoms with Gasteiger partial charge in [-0.2, -0.15) is 0 Å². The fourth-order valence-corrected chi connectivity index (χ4v) is 4.37. The lowest BCUT2D eigenvalue weighted by Gasteiger charge is -2.35. The van der Waals surface area contributed by atoms with E-state index >= 15 is 0 Å². The molecular weight excluding hydrogens is 384 g/mol. The molecule has 0 aromatic heterocycles. The molecule has 0 atom stereocenters. The maximum atomic E-state index is 13.0. The molecule has 29 heavy (non-hydrogen) atoms. The molecule has 1 fully saturated rings. The van der Waals surface area contributed by atoms with Crippen molar-refractivity contribution >= 4 is 39.9 Å². The Morgan fingerprint density at radius 3 is 2.31 bits per heavy atom. The van der Waals surface area contributed by atoms with Gasteiger partial charge in [0, 0.05) is 23.1 Å². The number of amides is 2. The minimum Gasteiger partial charge on any atom is -0.359 e. The Labute approximate surface area is 175 Å². The Morgan fingerprint density at radius 1 is 1.10 bits per heavy atom. The van der Waals surface area contributed by atoms with E-state index in [2.05, 4.69) is 16.8 Å². The van der Waals surface area contributed by atoms with Crippen LogP contribution in [0.4, 0.5) is 0 Å². The van der Waals surface area contributed by atoms with Gasteiger partial charge >= 0.3 is 0 Å². The third-order valence-electron chi connectivity index (χ3n) is 5.70. The summed E-state index contributed by atoms with van der Waals surface area (Å²) in [5, 5.41) is 5.64. The van der Waals surface area contributed by atoms with Gasteiger partial charge in [0.05, 0.1) is 39.3 Å². The zero-order valence-electron chi connectivity index (χ0n) is 16.3. The summed E-state index contributed by atoms with van der Waals surface area (Å²) in [5.41, 5.74) is 1.24. The van der Waals surface area contributed by atoms with Crippen LogP contribution >= 0.6 is 12.2 Å². The minimum atomic E-state index is -0.188.